The number of nitrogens with one attached hydrogen (secondary N) is 1. The molecule has 0 saturated carbocycles. The Morgan fingerprint density at radius 3 is 2.14 bits per heavy atom. The highest BCUT2D eigenvalue weighted by Crippen LogP contribution is 2.23. The normalized spacial score (nSPS) is 18.6. The molecule has 28 heavy (non-hydrogen) atoms. The van der Waals surface area contributed by atoms with Gasteiger partial charge in [0.25, 0.3) is 0 Å². The summed E-state index contributed by atoms with van der Waals surface area (Å²) >= 11 is 0. The van der Waals surface area contributed by atoms with Crippen LogP contribution in [-0.2, 0) is 9.59 Å². The zero-order valence-electron chi connectivity index (χ0n) is 16.1. The Morgan fingerprint density at radius 1 is 1.04 bits per heavy atom. The Hall–Kier alpha value is -2.77. The summed E-state index contributed by atoms with van der Waals surface area (Å²) in [5, 5.41) is 12.2. The second kappa shape index (κ2) is 8.95. The molecule has 2 aliphatic heterocycles. The molecule has 1 aromatic carbocycles. The van der Waals surface area contributed by atoms with Crippen molar-refractivity contribution in [3.05, 3.63) is 29.8 Å². The molecule has 1 aromatic rings. The number of aliphatic carboxylic acids is 1. The summed E-state index contributed by atoms with van der Waals surface area (Å²) in [6.07, 6.45) is 3.18. The molecule has 2 fully saturated rings. The minimum absolute atomic E-state index is 0.0537. The lowest BCUT2D eigenvalue weighted by molar-refractivity contribution is -0.143. The van der Waals surface area contributed by atoms with Gasteiger partial charge in [0.05, 0.1) is 7.11 Å². The third kappa shape index (κ3) is 4.55. The Kier molecular flexibility index (Phi) is 6.38. The first kappa shape index (κ1) is 20.0. The van der Waals surface area contributed by atoms with Crippen molar-refractivity contribution in [2.45, 2.75) is 31.7 Å². The number of benzene rings is 1. The van der Waals surface area contributed by atoms with E-state index < -0.39 is 12.0 Å². The highest BCUT2D eigenvalue weighted by Gasteiger charge is 2.32. The van der Waals surface area contributed by atoms with Gasteiger partial charge in [0.2, 0.25) is 5.91 Å². The summed E-state index contributed by atoms with van der Waals surface area (Å²) in [5.41, 5.74) is 0.489. The van der Waals surface area contributed by atoms with E-state index >= 15 is 0 Å². The summed E-state index contributed by atoms with van der Waals surface area (Å²) in [6, 6.07) is 5.55. The molecule has 2 N–H and O–H groups in total. The summed E-state index contributed by atoms with van der Waals surface area (Å²) in [6.45, 7) is 2.66. The maximum Gasteiger partial charge on any atom is 0.330 e. The van der Waals surface area contributed by atoms with Crippen LogP contribution in [0, 0.1) is 5.92 Å². The molecule has 0 aliphatic carbocycles. The van der Waals surface area contributed by atoms with Crippen molar-refractivity contribution in [3.63, 3.8) is 0 Å². The van der Waals surface area contributed by atoms with Crippen molar-refractivity contribution < 1.29 is 24.2 Å². The number of rotatable bonds is 5. The minimum atomic E-state index is -1.11. The van der Waals surface area contributed by atoms with Gasteiger partial charge >= 0.3 is 12.0 Å². The molecule has 8 heteroatoms. The fourth-order valence-electron chi connectivity index (χ4n) is 3.79. The Morgan fingerprint density at radius 2 is 1.61 bits per heavy atom. The molecule has 152 valence electrons. The standard InChI is InChI=1S/C20H27N3O5/c1-28-16-6-4-14(5-7-16)17(19(25)26)21-18(24)15-8-12-23(13-9-15)20(27)22-10-2-3-11-22/h4-7,15,17H,2-3,8-13H2,1H3,(H,21,24)(H,25,26). The van der Waals surface area contributed by atoms with E-state index in [4.69, 9.17) is 4.74 Å². The van der Waals surface area contributed by atoms with Gasteiger partial charge in [-0.3, -0.25) is 4.79 Å². The second-order valence-corrected chi connectivity index (χ2v) is 7.29. The van der Waals surface area contributed by atoms with Crippen LogP contribution in [-0.4, -0.2) is 66.1 Å². The van der Waals surface area contributed by atoms with Crippen molar-refractivity contribution in [2.24, 2.45) is 5.92 Å². The number of urea groups is 1. The van der Waals surface area contributed by atoms with Crippen molar-refractivity contribution in [1.29, 1.82) is 0 Å². The SMILES string of the molecule is COc1ccc(C(NC(=O)C2CCN(C(=O)N3CCCC3)CC2)C(=O)O)cc1. The Labute approximate surface area is 164 Å². The summed E-state index contributed by atoms with van der Waals surface area (Å²) in [7, 11) is 1.53. The highest BCUT2D eigenvalue weighted by atomic mass is 16.5. The van der Waals surface area contributed by atoms with Gasteiger partial charge in [-0.1, -0.05) is 12.1 Å². The summed E-state index contributed by atoms with van der Waals surface area (Å²) in [5.74, 6) is -1.06. The van der Waals surface area contributed by atoms with Crippen molar-refractivity contribution in [2.75, 3.05) is 33.3 Å². The van der Waals surface area contributed by atoms with E-state index in [0.29, 0.717) is 37.2 Å². The topological polar surface area (TPSA) is 99.2 Å². The van der Waals surface area contributed by atoms with E-state index in [1.165, 1.54) is 7.11 Å². The molecule has 0 spiro atoms. The molecule has 0 aromatic heterocycles. The van der Waals surface area contributed by atoms with Crippen LogP contribution < -0.4 is 10.1 Å². The lowest BCUT2D eigenvalue weighted by atomic mass is 9.95. The Bertz CT molecular complexity index is 707. The number of methoxy groups -OCH3 is 1. The van der Waals surface area contributed by atoms with Crippen LogP contribution in [0.3, 0.4) is 0 Å². The van der Waals surface area contributed by atoms with Crippen LogP contribution in [0.4, 0.5) is 4.79 Å². The average molecular weight is 389 g/mol. The predicted octanol–water partition coefficient (Wildman–Crippen LogP) is 1.86. The number of piperidine rings is 1. The number of carboxylic acids is 1. The third-order valence-corrected chi connectivity index (χ3v) is 5.50. The maximum atomic E-state index is 12.6. The number of carbonyl (C=O) groups excluding carboxylic acids is 2. The molecule has 1 unspecified atom stereocenters. The monoisotopic (exact) mass is 389 g/mol. The van der Waals surface area contributed by atoms with Gasteiger partial charge in [-0.25, -0.2) is 9.59 Å². The van der Waals surface area contributed by atoms with E-state index in [1.807, 2.05) is 4.90 Å². The molecule has 1 atom stereocenters. The first-order valence-electron chi connectivity index (χ1n) is 9.70. The molecule has 2 heterocycles. The number of carboxylic acid groups (broad SMARTS) is 1. The lowest BCUT2D eigenvalue weighted by Crippen LogP contribution is -2.48. The van der Waals surface area contributed by atoms with E-state index in [9.17, 15) is 19.5 Å². The van der Waals surface area contributed by atoms with Gasteiger partial charge in [-0.15, -0.1) is 0 Å². The fraction of sp³-hybridized carbons (Fsp3) is 0.550. The summed E-state index contributed by atoms with van der Waals surface area (Å²) < 4.78 is 5.08. The largest absolute Gasteiger partial charge is 0.497 e. The van der Waals surface area contributed by atoms with Crippen LogP contribution in [0.2, 0.25) is 0 Å². The fourth-order valence-corrected chi connectivity index (χ4v) is 3.79. The van der Waals surface area contributed by atoms with Crippen LogP contribution in [0.15, 0.2) is 24.3 Å². The van der Waals surface area contributed by atoms with Gasteiger partial charge in [0, 0.05) is 32.1 Å². The van der Waals surface area contributed by atoms with E-state index in [1.54, 1.807) is 29.2 Å². The molecule has 0 bridgehead atoms. The molecule has 2 aliphatic rings. The molecule has 8 nitrogen and oxygen atoms in total. The van der Waals surface area contributed by atoms with Crippen LogP contribution >= 0.6 is 0 Å². The molecular formula is C20H27N3O5. The average Bonchev–Trinajstić information content (AvgIpc) is 3.26. The number of hydrogen-bond acceptors (Lipinski definition) is 4. The van der Waals surface area contributed by atoms with Crippen LogP contribution in [0.1, 0.15) is 37.3 Å². The molecule has 0 radical (unpaired) electrons. The smallest absolute Gasteiger partial charge is 0.330 e. The minimum Gasteiger partial charge on any atom is -0.497 e. The number of likely N-dealkylation sites (tertiary alicyclic amines) is 2. The number of hydrogen-bond donors (Lipinski definition) is 2. The van der Waals surface area contributed by atoms with Crippen molar-refractivity contribution in [3.8, 4) is 5.75 Å². The number of carbonyl (C=O) groups is 3. The van der Waals surface area contributed by atoms with Gasteiger partial charge in [0.1, 0.15) is 5.75 Å². The second-order valence-electron chi connectivity index (χ2n) is 7.29. The maximum absolute atomic E-state index is 12.6. The molecule has 3 amide bonds. The zero-order valence-corrected chi connectivity index (χ0v) is 16.1. The predicted molar refractivity (Wildman–Crippen MR) is 102 cm³/mol. The van der Waals surface area contributed by atoms with E-state index in [0.717, 1.165) is 25.9 Å². The number of amides is 3. The first-order valence-corrected chi connectivity index (χ1v) is 9.70. The third-order valence-electron chi connectivity index (χ3n) is 5.50. The summed E-state index contributed by atoms with van der Waals surface area (Å²) in [4.78, 5) is 40.4. The van der Waals surface area contributed by atoms with Crippen molar-refractivity contribution >= 4 is 17.9 Å². The van der Waals surface area contributed by atoms with Gasteiger partial charge in [0.15, 0.2) is 6.04 Å². The molecule has 2 saturated heterocycles. The quantitative estimate of drug-likeness (QED) is 0.801. The van der Waals surface area contributed by atoms with Crippen molar-refractivity contribution in [1.82, 2.24) is 15.1 Å². The van der Waals surface area contributed by atoms with Gasteiger partial charge < -0.3 is 25.0 Å². The van der Waals surface area contributed by atoms with E-state index in [2.05, 4.69) is 5.32 Å². The van der Waals surface area contributed by atoms with Gasteiger partial charge in [-0.05, 0) is 43.4 Å². The van der Waals surface area contributed by atoms with Crippen LogP contribution in [0.5, 0.6) is 5.75 Å². The van der Waals surface area contributed by atoms with Crippen LogP contribution in [0.25, 0.3) is 0 Å². The lowest BCUT2D eigenvalue weighted by Gasteiger charge is -2.34. The van der Waals surface area contributed by atoms with E-state index in [-0.39, 0.29) is 17.9 Å². The number of nitrogens with zero attached hydrogens (tertiary/aromatic N) is 2. The molecule has 3 rings (SSSR count). The van der Waals surface area contributed by atoms with Gasteiger partial charge in [-0.2, -0.15) is 0 Å². The Balaban J connectivity index is 1.55. The zero-order chi connectivity index (χ0) is 20.1. The number of ether oxygens (including phenoxy) is 1. The first-order chi connectivity index (χ1) is 13.5. The highest BCUT2D eigenvalue weighted by molar-refractivity contribution is 5.86. The molecular weight excluding hydrogens is 362 g/mol.